The molecule has 2 aromatic carbocycles. The molecule has 1 unspecified atom stereocenters. The van der Waals surface area contributed by atoms with E-state index in [1.54, 1.807) is 30.3 Å². The molecule has 0 saturated heterocycles. The van der Waals surface area contributed by atoms with Crippen molar-refractivity contribution < 1.29 is 9.84 Å². The highest BCUT2D eigenvalue weighted by molar-refractivity contribution is 9.10. The molecule has 0 spiro atoms. The van der Waals surface area contributed by atoms with Crippen molar-refractivity contribution in [1.29, 1.82) is 0 Å². The molecule has 0 bridgehead atoms. The lowest BCUT2D eigenvalue weighted by atomic mass is 10.3. The fraction of sp³-hybridized carbons (Fsp3) is 0.200. The fourth-order valence-corrected chi connectivity index (χ4v) is 2.31. The number of ether oxygens (including phenoxy) is 1. The number of aliphatic hydroxyl groups is 1. The molecule has 112 valence electrons. The minimum absolute atomic E-state index is 0.181. The highest BCUT2D eigenvalue weighted by Crippen LogP contribution is 2.25. The molecular weight excluding hydrogens is 377 g/mol. The van der Waals surface area contributed by atoms with E-state index >= 15 is 0 Å². The predicted octanol–water partition coefficient (Wildman–Crippen LogP) is 4.61. The normalized spacial score (nSPS) is 12.0. The van der Waals surface area contributed by atoms with Gasteiger partial charge in [0.2, 0.25) is 0 Å². The number of nitrogens with one attached hydrogen (secondary N) is 1. The van der Waals surface area contributed by atoms with Crippen LogP contribution >= 0.6 is 39.1 Å². The van der Waals surface area contributed by atoms with Gasteiger partial charge in [-0.15, -0.1) is 0 Å². The lowest BCUT2D eigenvalue weighted by molar-refractivity contribution is 0.117. The van der Waals surface area contributed by atoms with Gasteiger partial charge in [0, 0.05) is 16.0 Å². The number of hydrogen-bond acceptors (Lipinski definition) is 3. The summed E-state index contributed by atoms with van der Waals surface area (Å²) in [4.78, 5) is 0. The van der Waals surface area contributed by atoms with Gasteiger partial charge in [-0.25, -0.2) is 0 Å². The number of rotatable bonds is 6. The summed E-state index contributed by atoms with van der Waals surface area (Å²) in [6, 6.07) is 12.5. The van der Waals surface area contributed by atoms with E-state index in [0.29, 0.717) is 22.3 Å². The Bertz CT molecular complexity index is 593. The van der Waals surface area contributed by atoms with E-state index in [9.17, 15) is 5.11 Å². The third kappa shape index (κ3) is 5.40. The second kappa shape index (κ2) is 7.90. The first-order valence-corrected chi connectivity index (χ1v) is 7.85. The van der Waals surface area contributed by atoms with Gasteiger partial charge >= 0.3 is 0 Å². The van der Waals surface area contributed by atoms with Crippen molar-refractivity contribution in [3.8, 4) is 5.75 Å². The third-order valence-corrected chi connectivity index (χ3v) is 3.79. The Hall–Kier alpha value is -0.940. The first kappa shape index (κ1) is 16.4. The first-order valence-electron chi connectivity index (χ1n) is 6.30. The second-order valence-corrected chi connectivity index (χ2v) is 6.18. The first-order chi connectivity index (χ1) is 10.0. The molecule has 0 amide bonds. The maximum absolute atomic E-state index is 9.92. The Labute approximate surface area is 142 Å². The van der Waals surface area contributed by atoms with Crippen LogP contribution in [-0.2, 0) is 0 Å². The van der Waals surface area contributed by atoms with E-state index in [1.807, 2.05) is 12.1 Å². The van der Waals surface area contributed by atoms with Gasteiger partial charge in [0.05, 0.1) is 10.7 Å². The summed E-state index contributed by atoms with van der Waals surface area (Å²) in [6.45, 7) is 0.518. The van der Waals surface area contributed by atoms with E-state index in [2.05, 4.69) is 21.2 Å². The van der Waals surface area contributed by atoms with Crippen LogP contribution in [0.4, 0.5) is 5.69 Å². The maximum Gasteiger partial charge on any atom is 0.119 e. The molecule has 0 aromatic heterocycles. The predicted molar refractivity (Wildman–Crippen MR) is 90.6 cm³/mol. The molecule has 2 aromatic rings. The molecule has 3 nitrogen and oxygen atoms in total. The van der Waals surface area contributed by atoms with E-state index in [0.717, 1.165) is 10.2 Å². The zero-order chi connectivity index (χ0) is 15.2. The van der Waals surface area contributed by atoms with Gasteiger partial charge in [-0.05, 0) is 42.5 Å². The Balaban J connectivity index is 1.80. The average Bonchev–Trinajstić information content (AvgIpc) is 2.47. The summed E-state index contributed by atoms with van der Waals surface area (Å²) in [5.41, 5.74) is 0.761. The minimum atomic E-state index is -0.657. The van der Waals surface area contributed by atoms with Crippen LogP contribution in [0.5, 0.6) is 5.75 Å². The van der Waals surface area contributed by atoms with Gasteiger partial charge in [-0.1, -0.05) is 39.1 Å². The highest BCUT2D eigenvalue weighted by atomic mass is 79.9. The smallest absolute Gasteiger partial charge is 0.119 e. The summed E-state index contributed by atoms with van der Waals surface area (Å²) < 4.78 is 6.39. The van der Waals surface area contributed by atoms with Crippen LogP contribution in [0.15, 0.2) is 46.9 Å². The summed E-state index contributed by atoms with van der Waals surface area (Å²) in [5.74, 6) is 0.666. The van der Waals surface area contributed by atoms with Crippen LogP contribution in [0.3, 0.4) is 0 Å². The van der Waals surface area contributed by atoms with Crippen LogP contribution in [0.1, 0.15) is 0 Å². The van der Waals surface area contributed by atoms with Gasteiger partial charge in [-0.2, -0.15) is 0 Å². The van der Waals surface area contributed by atoms with Crippen molar-refractivity contribution in [3.05, 3.63) is 57.0 Å². The maximum atomic E-state index is 9.92. The SMILES string of the molecule is OC(CNc1cc(Br)ccc1Cl)COc1ccc(Cl)cc1. The van der Waals surface area contributed by atoms with Gasteiger partial charge in [0.1, 0.15) is 18.5 Å². The average molecular weight is 391 g/mol. The van der Waals surface area contributed by atoms with Crippen molar-refractivity contribution in [3.63, 3.8) is 0 Å². The van der Waals surface area contributed by atoms with Crippen LogP contribution < -0.4 is 10.1 Å². The van der Waals surface area contributed by atoms with E-state index < -0.39 is 6.10 Å². The second-order valence-electron chi connectivity index (χ2n) is 4.42. The van der Waals surface area contributed by atoms with Crippen LogP contribution in [0.2, 0.25) is 10.0 Å². The Morgan fingerprint density at radius 2 is 1.86 bits per heavy atom. The molecule has 0 saturated carbocycles. The monoisotopic (exact) mass is 389 g/mol. The van der Waals surface area contributed by atoms with Crippen LogP contribution in [0.25, 0.3) is 0 Å². The fourth-order valence-electron chi connectivity index (χ4n) is 1.64. The van der Waals surface area contributed by atoms with Crippen molar-refractivity contribution in [2.45, 2.75) is 6.10 Å². The van der Waals surface area contributed by atoms with E-state index in [4.69, 9.17) is 27.9 Å². The largest absolute Gasteiger partial charge is 0.491 e. The summed E-state index contributed by atoms with van der Waals surface area (Å²) in [7, 11) is 0. The Morgan fingerprint density at radius 3 is 2.57 bits per heavy atom. The molecule has 21 heavy (non-hydrogen) atoms. The molecule has 2 rings (SSSR count). The number of halogens is 3. The van der Waals surface area contributed by atoms with Gasteiger partial charge in [0.25, 0.3) is 0 Å². The van der Waals surface area contributed by atoms with Gasteiger partial charge in [0.15, 0.2) is 0 Å². The van der Waals surface area contributed by atoms with E-state index in [1.165, 1.54) is 0 Å². The molecule has 0 heterocycles. The number of benzene rings is 2. The highest BCUT2D eigenvalue weighted by Gasteiger charge is 2.07. The summed E-state index contributed by atoms with van der Waals surface area (Å²) >= 11 is 15.2. The molecular formula is C15H14BrCl2NO2. The Morgan fingerprint density at radius 1 is 1.14 bits per heavy atom. The minimum Gasteiger partial charge on any atom is -0.491 e. The zero-order valence-corrected chi connectivity index (χ0v) is 14.1. The molecule has 1 atom stereocenters. The van der Waals surface area contributed by atoms with Crippen molar-refractivity contribution in [2.75, 3.05) is 18.5 Å². The van der Waals surface area contributed by atoms with Crippen LogP contribution in [-0.4, -0.2) is 24.4 Å². The molecule has 0 radical (unpaired) electrons. The molecule has 2 N–H and O–H groups in total. The topological polar surface area (TPSA) is 41.5 Å². The summed E-state index contributed by atoms with van der Waals surface area (Å²) in [5, 5.41) is 14.3. The molecule has 0 aliphatic rings. The lowest BCUT2D eigenvalue weighted by Gasteiger charge is -2.15. The van der Waals surface area contributed by atoms with E-state index in [-0.39, 0.29) is 6.61 Å². The lowest BCUT2D eigenvalue weighted by Crippen LogP contribution is -2.26. The number of hydrogen-bond donors (Lipinski definition) is 2. The van der Waals surface area contributed by atoms with Gasteiger partial charge < -0.3 is 15.2 Å². The molecule has 0 fully saturated rings. The molecule has 0 aliphatic carbocycles. The quantitative estimate of drug-likeness (QED) is 0.756. The van der Waals surface area contributed by atoms with Crippen molar-refractivity contribution >= 4 is 44.8 Å². The van der Waals surface area contributed by atoms with Gasteiger partial charge in [-0.3, -0.25) is 0 Å². The standard InChI is InChI=1S/C15H14BrCl2NO2/c16-10-1-6-14(18)15(7-10)19-8-12(20)9-21-13-4-2-11(17)3-5-13/h1-7,12,19-20H,8-9H2. The summed E-state index contributed by atoms with van der Waals surface area (Å²) in [6.07, 6.45) is -0.657. The number of aliphatic hydroxyl groups excluding tert-OH is 1. The van der Waals surface area contributed by atoms with Crippen LogP contribution in [0, 0.1) is 0 Å². The Kier molecular flexibility index (Phi) is 6.18. The number of anilines is 1. The third-order valence-electron chi connectivity index (χ3n) is 2.71. The molecule has 0 aliphatic heterocycles. The van der Waals surface area contributed by atoms with Crippen molar-refractivity contribution in [1.82, 2.24) is 0 Å². The van der Waals surface area contributed by atoms with Crippen molar-refractivity contribution in [2.24, 2.45) is 0 Å². The zero-order valence-electron chi connectivity index (χ0n) is 11.0. The molecule has 6 heteroatoms.